The van der Waals surface area contributed by atoms with Crippen LogP contribution in [0.25, 0.3) is 0 Å². The molecule has 1 amide bonds. The molecular weight excluding hydrogens is 402 g/mol. The predicted molar refractivity (Wildman–Crippen MR) is 128 cm³/mol. The zero-order valence-electron chi connectivity index (χ0n) is 19.3. The molecule has 4 rings (SSSR count). The van der Waals surface area contributed by atoms with Crippen LogP contribution in [-0.2, 0) is 24.9 Å². The van der Waals surface area contributed by atoms with Crippen LogP contribution in [0.2, 0.25) is 0 Å². The fourth-order valence-corrected chi connectivity index (χ4v) is 4.50. The normalized spacial score (nSPS) is 18.7. The van der Waals surface area contributed by atoms with Crippen molar-refractivity contribution in [3.63, 3.8) is 0 Å². The number of aromatic nitrogens is 2. The lowest BCUT2D eigenvalue weighted by Gasteiger charge is -2.35. The zero-order valence-corrected chi connectivity index (χ0v) is 19.3. The van der Waals surface area contributed by atoms with E-state index >= 15 is 0 Å². The molecule has 2 saturated heterocycles. The lowest BCUT2D eigenvalue weighted by molar-refractivity contribution is -0.120. The van der Waals surface area contributed by atoms with Crippen LogP contribution in [0.4, 0.5) is 5.69 Å². The minimum Gasteiger partial charge on any atom is -0.352 e. The van der Waals surface area contributed by atoms with Crippen molar-refractivity contribution in [2.24, 2.45) is 12.0 Å². The molecule has 8 nitrogen and oxygen atoms in total. The summed E-state index contributed by atoms with van der Waals surface area (Å²) < 4.78 is 1.72. The number of piperazine rings is 1. The van der Waals surface area contributed by atoms with Gasteiger partial charge < -0.3 is 15.1 Å². The van der Waals surface area contributed by atoms with Gasteiger partial charge in [0.1, 0.15) is 6.54 Å². The van der Waals surface area contributed by atoms with Crippen LogP contribution in [-0.4, -0.2) is 71.2 Å². The molecule has 1 aromatic heterocycles. The molecule has 2 aliphatic heterocycles. The highest BCUT2D eigenvalue weighted by Crippen LogP contribution is 2.17. The molecule has 2 aromatic rings. The highest BCUT2D eigenvalue weighted by Gasteiger charge is 2.27. The number of amides is 1. The predicted octanol–water partition coefficient (Wildman–Crippen LogP) is 2.22. The summed E-state index contributed by atoms with van der Waals surface area (Å²) in [4.78, 5) is 23.5. The summed E-state index contributed by atoms with van der Waals surface area (Å²) in [5.41, 5.74) is 3.43. The Kier molecular flexibility index (Phi) is 7.42. The third kappa shape index (κ3) is 5.68. The Hall–Kier alpha value is -2.87. The second kappa shape index (κ2) is 10.6. The number of carbonyl (C=O) groups excluding carboxylic acids is 1. The third-order valence-corrected chi connectivity index (χ3v) is 6.31. The highest BCUT2D eigenvalue weighted by atomic mass is 16.2. The minimum absolute atomic E-state index is 0.0602. The number of rotatable bonds is 5. The Morgan fingerprint density at radius 3 is 2.38 bits per heavy atom. The number of nitrogens with zero attached hydrogens (tertiary/aromatic N) is 6. The van der Waals surface area contributed by atoms with Gasteiger partial charge in [-0.3, -0.25) is 19.4 Å². The average Bonchev–Trinajstić information content (AvgIpc) is 3.06. The minimum atomic E-state index is 0.0602. The van der Waals surface area contributed by atoms with Crippen LogP contribution in [0.5, 0.6) is 0 Å². The van der Waals surface area contributed by atoms with Gasteiger partial charge in [0.05, 0.1) is 11.9 Å². The topological polar surface area (TPSA) is 69.0 Å². The average molecular weight is 438 g/mol. The zero-order chi connectivity index (χ0) is 22.3. The molecule has 0 aliphatic carbocycles. The third-order valence-electron chi connectivity index (χ3n) is 6.31. The van der Waals surface area contributed by atoms with E-state index in [9.17, 15) is 4.79 Å². The van der Waals surface area contributed by atoms with E-state index in [4.69, 9.17) is 0 Å². The van der Waals surface area contributed by atoms with Crippen molar-refractivity contribution in [3.8, 4) is 0 Å². The van der Waals surface area contributed by atoms with Crippen molar-refractivity contribution >= 4 is 17.6 Å². The summed E-state index contributed by atoms with van der Waals surface area (Å²) >= 11 is 0. The number of aryl methyl sites for hydroxylation is 1. The van der Waals surface area contributed by atoms with E-state index in [1.165, 1.54) is 49.9 Å². The van der Waals surface area contributed by atoms with Crippen molar-refractivity contribution in [2.75, 3.05) is 44.7 Å². The van der Waals surface area contributed by atoms with Gasteiger partial charge in [-0.25, -0.2) is 0 Å². The van der Waals surface area contributed by atoms with Crippen molar-refractivity contribution in [3.05, 3.63) is 47.8 Å². The SMILES string of the molecule is CN=C(NCc1ccc(CN2CCCCCC2)cc1)N1CCN(c2cnn(C)c2)C(=O)C1. The van der Waals surface area contributed by atoms with Gasteiger partial charge in [0.2, 0.25) is 5.91 Å². The molecule has 1 aromatic carbocycles. The molecule has 0 radical (unpaired) electrons. The molecule has 0 saturated carbocycles. The van der Waals surface area contributed by atoms with Gasteiger partial charge in [-0.2, -0.15) is 5.10 Å². The van der Waals surface area contributed by atoms with Crippen molar-refractivity contribution in [2.45, 2.75) is 38.8 Å². The Labute approximate surface area is 190 Å². The first kappa shape index (κ1) is 22.3. The summed E-state index contributed by atoms with van der Waals surface area (Å²) in [7, 11) is 3.63. The van der Waals surface area contributed by atoms with E-state index in [0.717, 1.165) is 24.7 Å². The monoisotopic (exact) mass is 437 g/mol. The number of anilines is 1. The fourth-order valence-electron chi connectivity index (χ4n) is 4.50. The largest absolute Gasteiger partial charge is 0.352 e. The van der Waals surface area contributed by atoms with E-state index in [1.807, 2.05) is 18.1 Å². The van der Waals surface area contributed by atoms with Gasteiger partial charge in [0.15, 0.2) is 5.96 Å². The maximum absolute atomic E-state index is 12.7. The Morgan fingerprint density at radius 1 is 1.03 bits per heavy atom. The van der Waals surface area contributed by atoms with E-state index in [0.29, 0.717) is 19.6 Å². The maximum atomic E-state index is 12.7. The lowest BCUT2D eigenvalue weighted by atomic mass is 10.1. The standard InChI is InChI=1S/C24H35N7O/c1-25-24(30-13-14-31(23(32)19-30)22-16-27-28(2)18-22)26-15-20-7-9-21(10-8-20)17-29-11-5-3-4-6-12-29/h7-10,16,18H,3-6,11-15,17,19H2,1-2H3,(H,25,26). The van der Waals surface area contributed by atoms with Crippen LogP contribution in [0, 0.1) is 0 Å². The number of carbonyl (C=O) groups is 1. The Balaban J connectivity index is 1.27. The van der Waals surface area contributed by atoms with E-state index in [-0.39, 0.29) is 5.91 Å². The molecule has 2 fully saturated rings. The number of likely N-dealkylation sites (tertiary alicyclic amines) is 1. The molecule has 0 bridgehead atoms. The van der Waals surface area contributed by atoms with Crippen molar-refractivity contribution < 1.29 is 4.79 Å². The first-order valence-corrected chi connectivity index (χ1v) is 11.7. The molecule has 0 spiro atoms. The summed E-state index contributed by atoms with van der Waals surface area (Å²) in [5, 5.41) is 7.60. The van der Waals surface area contributed by atoms with E-state index < -0.39 is 0 Å². The van der Waals surface area contributed by atoms with Gasteiger partial charge in [0, 0.05) is 46.5 Å². The number of guanidine groups is 1. The number of benzene rings is 1. The number of aliphatic imine (C=N–C) groups is 1. The summed E-state index contributed by atoms with van der Waals surface area (Å²) in [6, 6.07) is 8.86. The smallest absolute Gasteiger partial charge is 0.246 e. The molecule has 3 heterocycles. The highest BCUT2D eigenvalue weighted by molar-refractivity contribution is 5.98. The molecular formula is C24H35N7O. The molecule has 2 aliphatic rings. The van der Waals surface area contributed by atoms with Gasteiger partial charge in [0.25, 0.3) is 0 Å². The Morgan fingerprint density at radius 2 is 1.75 bits per heavy atom. The molecule has 172 valence electrons. The van der Waals surface area contributed by atoms with E-state index in [1.54, 1.807) is 22.8 Å². The molecule has 8 heteroatoms. The second-order valence-electron chi connectivity index (χ2n) is 8.75. The number of hydrogen-bond donors (Lipinski definition) is 1. The van der Waals surface area contributed by atoms with Crippen LogP contribution >= 0.6 is 0 Å². The summed E-state index contributed by atoms with van der Waals surface area (Å²) in [6.07, 6.45) is 8.98. The van der Waals surface area contributed by atoms with Crippen LogP contribution in [0.15, 0.2) is 41.7 Å². The quantitative estimate of drug-likeness (QED) is 0.574. The molecule has 0 atom stereocenters. The number of hydrogen-bond acceptors (Lipinski definition) is 4. The molecule has 32 heavy (non-hydrogen) atoms. The maximum Gasteiger partial charge on any atom is 0.246 e. The first-order valence-electron chi connectivity index (χ1n) is 11.7. The summed E-state index contributed by atoms with van der Waals surface area (Å²) in [6.45, 7) is 5.82. The van der Waals surface area contributed by atoms with Gasteiger partial charge in [-0.05, 0) is 37.1 Å². The second-order valence-corrected chi connectivity index (χ2v) is 8.75. The Bertz CT molecular complexity index is 913. The van der Waals surface area contributed by atoms with Crippen LogP contribution < -0.4 is 10.2 Å². The first-order chi connectivity index (χ1) is 15.6. The van der Waals surface area contributed by atoms with Gasteiger partial charge >= 0.3 is 0 Å². The summed E-state index contributed by atoms with van der Waals surface area (Å²) in [5.74, 6) is 0.822. The van der Waals surface area contributed by atoms with Crippen LogP contribution in [0.1, 0.15) is 36.8 Å². The van der Waals surface area contributed by atoms with Crippen LogP contribution in [0.3, 0.4) is 0 Å². The number of nitrogens with one attached hydrogen (secondary N) is 1. The molecule has 1 N–H and O–H groups in total. The van der Waals surface area contributed by atoms with Gasteiger partial charge in [-0.1, -0.05) is 37.1 Å². The lowest BCUT2D eigenvalue weighted by Crippen LogP contribution is -2.55. The van der Waals surface area contributed by atoms with Crippen molar-refractivity contribution in [1.82, 2.24) is 24.9 Å². The fraction of sp³-hybridized carbons (Fsp3) is 0.542. The van der Waals surface area contributed by atoms with Gasteiger partial charge in [-0.15, -0.1) is 0 Å². The van der Waals surface area contributed by atoms with E-state index in [2.05, 4.69) is 44.6 Å². The van der Waals surface area contributed by atoms with Crippen molar-refractivity contribution in [1.29, 1.82) is 0 Å². The molecule has 0 unspecified atom stereocenters.